The maximum absolute atomic E-state index is 12.1. The second-order valence-electron chi connectivity index (χ2n) is 5.66. The van der Waals surface area contributed by atoms with Crippen LogP contribution < -0.4 is 11.2 Å². The third kappa shape index (κ3) is 3.17. The second-order valence-corrected chi connectivity index (χ2v) is 5.66. The van der Waals surface area contributed by atoms with E-state index in [1.807, 2.05) is 49.4 Å². The summed E-state index contributed by atoms with van der Waals surface area (Å²) in [5, 5.41) is 4.19. The van der Waals surface area contributed by atoms with Gasteiger partial charge in [-0.15, -0.1) is 0 Å². The number of carbonyl (C=O) groups excluding carboxylic acids is 1. The predicted octanol–water partition coefficient (Wildman–Crippen LogP) is 2.91. The van der Waals surface area contributed by atoms with Gasteiger partial charge in [-0.25, -0.2) is 5.43 Å². The quantitative estimate of drug-likeness (QED) is 0.517. The number of nitrogen functional groups attached to an aromatic ring is 1. The predicted molar refractivity (Wildman–Crippen MR) is 88.5 cm³/mol. The van der Waals surface area contributed by atoms with Crippen molar-refractivity contribution in [1.82, 2.24) is 5.43 Å². The van der Waals surface area contributed by atoms with E-state index in [-0.39, 0.29) is 11.8 Å². The Kier molecular flexibility index (Phi) is 3.92. The van der Waals surface area contributed by atoms with E-state index in [0.717, 1.165) is 17.7 Å². The molecule has 2 aromatic carbocycles. The van der Waals surface area contributed by atoms with E-state index in [2.05, 4.69) is 22.7 Å². The van der Waals surface area contributed by atoms with E-state index < -0.39 is 0 Å². The molecule has 3 rings (SSSR count). The Morgan fingerprint density at radius 2 is 1.95 bits per heavy atom. The van der Waals surface area contributed by atoms with Crippen molar-refractivity contribution in [2.75, 3.05) is 5.73 Å². The van der Waals surface area contributed by atoms with Gasteiger partial charge in [-0.3, -0.25) is 4.79 Å². The lowest BCUT2D eigenvalue weighted by atomic mass is 10.1. The molecule has 1 fully saturated rings. The summed E-state index contributed by atoms with van der Waals surface area (Å²) in [6, 6.07) is 17.6. The van der Waals surface area contributed by atoms with Gasteiger partial charge in [0, 0.05) is 11.6 Å². The topological polar surface area (TPSA) is 67.5 Å². The number of hydrogen-bond donors (Lipinski definition) is 2. The van der Waals surface area contributed by atoms with Crippen molar-refractivity contribution in [2.45, 2.75) is 19.3 Å². The van der Waals surface area contributed by atoms with Crippen LogP contribution in [0.25, 0.3) is 0 Å². The molecule has 0 saturated heterocycles. The van der Waals surface area contributed by atoms with Crippen LogP contribution in [0.5, 0.6) is 0 Å². The van der Waals surface area contributed by atoms with Gasteiger partial charge >= 0.3 is 0 Å². The molecule has 0 radical (unpaired) electrons. The Morgan fingerprint density at radius 1 is 1.18 bits per heavy atom. The molecular weight excluding hydrogens is 274 g/mol. The maximum Gasteiger partial charge on any atom is 0.243 e. The standard InChI is InChI=1S/C18H19N3O/c1-12(14-8-5-9-15(19)10-14)20-21-18(22)17-11-16(17)13-6-3-2-4-7-13/h2-10,16-17H,11,19H2,1H3,(H,21,22)/b20-12+. The van der Waals surface area contributed by atoms with E-state index >= 15 is 0 Å². The average Bonchev–Trinajstić information content (AvgIpc) is 3.34. The lowest BCUT2D eigenvalue weighted by molar-refractivity contribution is -0.122. The summed E-state index contributed by atoms with van der Waals surface area (Å²) in [7, 11) is 0. The van der Waals surface area contributed by atoms with Gasteiger partial charge in [0.15, 0.2) is 0 Å². The van der Waals surface area contributed by atoms with E-state index in [1.165, 1.54) is 5.56 Å². The van der Waals surface area contributed by atoms with E-state index in [4.69, 9.17) is 5.73 Å². The second kappa shape index (κ2) is 6.02. The van der Waals surface area contributed by atoms with Gasteiger partial charge in [0.25, 0.3) is 0 Å². The monoisotopic (exact) mass is 293 g/mol. The van der Waals surface area contributed by atoms with Crippen molar-refractivity contribution in [1.29, 1.82) is 0 Å². The molecule has 22 heavy (non-hydrogen) atoms. The molecule has 112 valence electrons. The number of carbonyl (C=O) groups is 1. The zero-order valence-electron chi connectivity index (χ0n) is 12.5. The molecule has 2 aromatic rings. The molecule has 1 aliphatic rings. The van der Waals surface area contributed by atoms with Gasteiger partial charge in [-0.1, -0.05) is 42.5 Å². The Bertz CT molecular complexity index is 709. The van der Waals surface area contributed by atoms with Crippen LogP contribution in [0.1, 0.15) is 30.4 Å². The smallest absolute Gasteiger partial charge is 0.243 e. The van der Waals surface area contributed by atoms with Gasteiger partial charge in [-0.05, 0) is 42.5 Å². The van der Waals surface area contributed by atoms with Gasteiger partial charge in [0.05, 0.1) is 5.71 Å². The van der Waals surface area contributed by atoms with Gasteiger partial charge in [-0.2, -0.15) is 5.10 Å². The number of benzene rings is 2. The Hall–Kier alpha value is -2.62. The highest BCUT2D eigenvalue weighted by Gasteiger charge is 2.43. The van der Waals surface area contributed by atoms with Crippen molar-refractivity contribution in [2.24, 2.45) is 11.0 Å². The number of nitrogens with zero attached hydrogens (tertiary/aromatic N) is 1. The summed E-state index contributed by atoms with van der Waals surface area (Å²) in [6.07, 6.45) is 0.892. The molecule has 0 heterocycles. The minimum atomic E-state index is -0.0166. The molecule has 1 amide bonds. The SMILES string of the molecule is C/C(=N\NC(=O)C1CC1c1ccccc1)c1cccc(N)c1. The molecule has 0 aromatic heterocycles. The third-order valence-corrected chi connectivity index (χ3v) is 3.99. The Morgan fingerprint density at radius 3 is 2.68 bits per heavy atom. The number of hydrogen-bond acceptors (Lipinski definition) is 3. The first-order valence-electron chi connectivity index (χ1n) is 7.40. The minimum Gasteiger partial charge on any atom is -0.399 e. The summed E-state index contributed by atoms with van der Waals surface area (Å²) < 4.78 is 0. The number of nitrogens with one attached hydrogen (secondary N) is 1. The molecule has 3 N–H and O–H groups in total. The van der Waals surface area contributed by atoms with E-state index in [0.29, 0.717) is 11.6 Å². The average molecular weight is 293 g/mol. The van der Waals surface area contributed by atoms with Crippen molar-refractivity contribution in [3.63, 3.8) is 0 Å². The highest BCUT2D eigenvalue weighted by Crippen LogP contribution is 2.47. The first-order chi connectivity index (χ1) is 10.6. The zero-order valence-corrected chi connectivity index (χ0v) is 12.5. The number of nitrogens with two attached hydrogens (primary N) is 1. The van der Waals surface area contributed by atoms with Crippen molar-refractivity contribution >= 4 is 17.3 Å². The fraction of sp³-hybridized carbons (Fsp3) is 0.222. The highest BCUT2D eigenvalue weighted by molar-refractivity contribution is 6.00. The molecule has 0 aliphatic heterocycles. The summed E-state index contributed by atoms with van der Waals surface area (Å²) in [6.45, 7) is 1.86. The van der Waals surface area contributed by atoms with Crippen molar-refractivity contribution < 1.29 is 4.79 Å². The lowest BCUT2D eigenvalue weighted by Crippen LogP contribution is -2.21. The fourth-order valence-corrected chi connectivity index (χ4v) is 2.60. The molecule has 1 saturated carbocycles. The van der Waals surface area contributed by atoms with Crippen LogP contribution in [-0.2, 0) is 4.79 Å². The van der Waals surface area contributed by atoms with Crippen LogP contribution in [0.4, 0.5) is 5.69 Å². The first-order valence-corrected chi connectivity index (χ1v) is 7.40. The summed E-state index contributed by atoms with van der Waals surface area (Å²) >= 11 is 0. The van der Waals surface area contributed by atoms with Crippen LogP contribution in [0, 0.1) is 5.92 Å². The van der Waals surface area contributed by atoms with Gasteiger partial charge < -0.3 is 5.73 Å². The number of amides is 1. The summed E-state index contributed by atoms with van der Waals surface area (Å²) in [5.74, 6) is 0.334. The number of anilines is 1. The van der Waals surface area contributed by atoms with Crippen LogP contribution >= 0.6 is 0 Å². The molecule has 0 spiro atoms. The maximum atomic E-state index is 12.1. The zero-order chi connectivity index (χ0) is 15.5. The van der Waals surface area contributed by atoms with E-state index in [1.54, 1.807) is 0 Å². The highest BCUT2D eigenvalue weighted by atomic mass is 16.2. The minimum absolute atomic E-state index is 0.0166. The molecule has 0 bridgehead atoms. The summed E-state index contributed by atoms with van der Waals surface area (Å²) in [4.78, 5) is 12.1. The first kappa shape index (κ1) is 14.3. The van der Waals surface area contributed by atoms with Crippen LogP contribution in [0.2, 0.25) is 0 Å². The van der Waals surface area contributed by atoms with Gasteiger partial charge in [0.1, 0.15) is 0 Å². The molecule has 2 unspecified atom stereocenters. The van der Waals surface area contributed by atoms with E-state index in [9.17, 15) is 4.79 Å². The molecule has 2 atom stereocenters. The fourth-order valence-electron chi connectivity index (χ4n) is 2.60. The lowest BCUT2D eigenvalue weighted by Gasteiger charge is -2.04. The van der Waals surface area contributed by atoms with Gasteiger partial charge in [0.2, 0.25) is 5.91 Å². The molecular formula is C18H19N3O. The van der Waals surface area contributed by atoms with Crippen LogP contribution in [0.3, 0.4) is 0 Å². The number of hydrazone groups is 1. The van der Waals surface area contributed by atoms with Crippen LogP contribution in [0.15, 0.2) is 59.7 Å². The molecule has 4 nitrogen and oxygen atoms in total. The number of rotatable bonds is 4. The summed E-state index contributed by atoms with van der Waals surface area (Å²) in [5.41, 5.74) is 12.0. The van der Waals surface area contributed by atoms with Crippen LogP contribution in [-0.4, -0.2) is 11.6 Å². The van der Waals surface area contributed by atoms with Crippen molar-refractivity contribution in [3.8, 4) is 0 Å². The molecule has 4 heteroatoms. The third-order valence-electron chi connectivity index (χ3n) is 3.99. The molecule has 1 aliphatic carbocycles. The van der Waals surface area contributed by atoms with Crippen molar-refractivity contribution in [3.05, 3.63) is 65.7 Å². The Labute approximate surface area is 130 Å². The Balaban J connectivity index is 1.60. The normalized spacial score (nSPS) is 20.5. The largest absolute Gasteiger partial charge is 0.399 e.